The number of hydroxylamine groups is 2. The number of aryl methyl sites for hydroxylation is 2. The summed E-state index contributed by atoms with van der Waals surface area (Å²) in [7, 11) is 0. The lowest BCUT2D eigenvalue weighted by Crippen LogP contribution is -2.33. The van der Waals surface area contributed by atoms with Crippen molar-refractivity contribution in [3.63, 3.8) is 0 Å². The van der Waals surface area contributed by atoms with E-state index in [9.17, 15) is 14.4 Å². The van der Waals surface area contributed by atoms with Crippen LogP contribution in [0, 0.1) is 13.8 Å². The Bertz CT molecular complexity index is 824. The van der Waals surface area contributed by atoms with E-state index >= 15 is 0 Å². The molecule has 6 nitrogen and oxygen atoms in total. The van der Waals surface area contributed by atoms with Crippen molar-refractivity contribution in [1.82, 2.24) is 5.06 Å². The summed E-state index contributed by atoms with van der Waals surface area (Å²) in [5, 5.41) is 0.505. The molecule has 0 atom stereocenters. The molecule has 1 aliphatic heterocycles. The van der Waals surface area contributed by atoms with Crippen LogP contribution < -0.4 is 4.74 Å². The van der Waals surface area contributed by atoms with E-state index in [0.717, 1.165) is 11.1 Å². The number of carbonyl (C=O) groups excluding carboxylic acids is 3. The SMILES string of the molecule is Cc1ccc(C)c(OCCC(=O)ON2C(=O)c3ccccc3C2=O)c1. The van der Waals surface area contributed by atoms with E-state index in [0.29, 0.717) is 10.8 Å². The van der Waals surface area contributed by atoms with E-state index in [4.69, 9.17) is 9.57 Å². The lowest BCUT2D eigenvalue weighted by atomic mass is 10.1. The normalized spacial score (nSPS) is 13.0. The number of ether oxygens (including phenoxy) is 1. The summed E-state index contributed by atoms with van der Waals surface area (Å²) >= 11 is 0. The molecule has 0 radical (unpaired) electrons. The van der Waals surface area contributed by atoms with Gasteiger partial charge in [-0.1, -0.05) is 29.3 Å². The minimum atomic E-state index is -0.709. The number of imide groups is 1. The Labute approximate surface area is 144 Å². The van der Waals surface area contributed by atoms with Crippen molar-refractivity contribution in [2.75, 3.05) is 6.61 Å². The Kier molecular flexibility index (Phi) is 4.52. The van der Waals surface area contributed by atoms with Gasteiger partial charge in [0, 0.05) is 0 Å². The Morgan fingerprint density at radius 1 is 1.00 bits per heavy atom. The van der Waals surface area contributed by atoms with Crippen molar-refractivity contribution < 1.29 is 24.0 Å². The van der Waals surface area contributed by atoms with E-state index in [1.54, 1.807) is 12.1 Å². The third-order valence-corrected chi connectivity index (χ3v) is 3.86. The standard InChI is InChI=1S/C19H17NO5/c1-12-7-8-13(2)16(11-12)24-10-9-17(21)25-20-18(22)14-5-3-4-6-15(14)19(20)23/h3-8,11H,9-10H2,1-2H3. The molecule has 0 unspecified atom stereocenters. The highest BCUT2D eigenvalue weighted by atomic mass is 16.7. The van der Waals surface area contributed by atoms with E-state index in [1.165, 1.54) is 12.1 Å². The van der Waals surface area contributed by atoms with Gasteiger partial charge in [0.2, 0.25) is 0 Å². The molecule has 0 spiro atoms. The van der Waals surface area contributed by atoms with Crippen LogP contribution in [0.5, 0.6) is 5.75 Å². The topological polar surface area (TPSA) is 72.9 Å². The molecule has 0 aliphatic carbocycles. The molecule has 1 aliphatic rings. The van der Waals surface area contributed by atoms with E-state index in [2.05, 4.69) is 0 Å². The highest BCUT2D eigenvalue weighted by Gasteiger charge is 2.38. The molecule has 128 valence electrons. The Balaban J connectivity index is 1.56. The highest BCUT2D eigenvalue weighted by Crippen LogP contribution is 2.23. The van der Waals surface area contributed by atoms with Crippen LogP contribution in [0.1, 0.15) is 38.3 Å². The second-order valence-electron chi connectivity index (χ2n) is 5.78. The van der Waals surface area contributed by atoms with E-state index < -0.39 is 17.8 Å². The molecule has 0 bridgehead atoms. The summed E-state index contributed by atoms with van der Waals surface area (Å²) in [6.07, 6.45) is -0.0826. The van der Waals surface area contributed by atoms with Crippen LogP contribution in [0.15, 0.2) is 42.5 Å². The largest absolute Gasteiger partial charge is 0.493 e. The smallest absolute Gasteiger partial charge is 0.336 e. The van der Waals surface area contributed by atoms with Gasteiger partial charge in [-0.05, 0) is 43.2 Å². The summed E-state index contributed by atoms with van der Waals surface area (Å²) in [5.74, 6) is -1.29. The van der Waals surface area contributed by atoms with Gasteiger partial charge >= 0.3 is 5.97 Å². The monoisotopic (exact) mass is 339 g/mol. The van der Waals surface area contributed by atoms with Crippen LogP contribution >= 0.6 is 0 Å². The van der Waals surface area contributed by atoms with Crippen LogP contribution in [0.4, 0.5) is 0 Å². The maximum absolute atomic E-state index is 12.1. The zero-order chi connectivity index (χ0) is 18.0. The number of benzene rings is 2. The van der Waals surface area contributed by atoms with Crippen LogP contribution in [0.25, 0.3) is 0 Å². The molecule has 0 fully saturated rings. The van der Waals surface area contributed by atoms with Crippen molar-refractivity contribution in [3.8, 4) is 5.75 Å². The average Bonchev–Trinajstić information content (AvgIpc) is 2.83. The average molecular weight is 339 g/mol. The molecule has 25 heavy (non-hydrogen) atoms. The van der Waals surface area contributed by atoms with E-state index in [-0.39, 0.29) is 24.2 Å². The summed E-state index contributed by atoms with van der Waals surface area (Å²) in [6.45, 7) is 3.95. The summed E-state index contributed by atoms with van der Waals surface area (Å²) in [5.41, 5.74) is 2.47. The van der Waals surface area contributed by atoms with Crippen molar-refractivity contribution in [1.29, 1.82) is 0 Å². The molecule has 0 saturated carbocycles. The molecule has 2 aromatic rings. The number of nitrogens with zero attached hydrogens (tertiary/aromatic N) is 1. The number of hydrogen-bond acceptors (Lipinski definition) is 5. The molecule has 0 saturated heterocycles. The van der Waals surface area contributed by atoms with Crippen LogP contribution in [0.3, 0.4) is 0 Å². The first kappa shape index (κ1) is 16.7. The lowest BCUT2D eigenvalue weighted by Gasteiger charge is -2.13. The first-order chi connectivity index (χ1) is 12.0. The molecular formula is C19H17NO5. The van der Waals surface area contributed by atoms with Gasteiger partial charge in [-0.15, -0.1) is 0 Å². The fraction of sp³-hybridized carbons (Fsp3) is 0.211. The lowest BCUT2D eigenvalue weighted by molar-refractivity contribution is -0.169. The predicted molar refractivity (Wildman–Crippen MR) is 89.1 cm³/mol. The highest BCUT2D eigenvalue weighted by molar-refractivity contribution is 6.20. The first-order valence-electron chi connectivity index (χ1n) is 7.86. The number of carbonyl (C=O) groups is 3. The van der Waals surface area contributed by atoms with Gasteiger partial charge in [-0.25, -0.2) is 4.79 Å². The maximum Gasteiger partial charge on any atom is 0.336 e. The number of amides is 2. The Morgan fingerprint density at radius 2 is 1.64 bits per heavy atom. The fourth-order valence-corrected chi connectivity index (χ4v) is 2.50. The minimum absolute atomic E-state index is 0.0826. The summed E-state index contributed by atoms with van der Waals surface area (Å²) < 4.78 is 5.58. The van der Waals surface area contributed by atoms with Crippen molar-refractivity contribution in [2.24, 2.45) is 0 Å². The van der Waals surface area contributed by atoms with Gasteiger partial charge in [-0.2, -0.15) is 0 Å². The van der Waals surface area contributed by atoms with E-state index in [1.807, 2.05) is 32.0 Å². The van der Waals surface area contributed by atoms with Crippen molar-refractivity contribution in [3.05, 3.63) is 64.7 Å². The van der Waals surface area contributed by atoms with Crippen LogP contribution in [-0.4, -0.2) is 29.5 Å². The minimum Gasteiger partial charge on any atom is -0.493 e. The number of fused-ring (bicyclic) bond motifs is 1. The Morgan fingerprint density at radius 3 is 2.28 bits per heavy atom. The number of hydrogen-bond donors (Lipinski definition) is 0. The van der Waals surface area contributed by atoms with Crippen molar-refractivity contribution >= 4 is 17.8 Å². The van der Waals surface area contributed by atoms with Gasteiger partial charge in [0.1, 0.15) is 5.75 Å². The molecule has 1 heterocycles. The predicted octanol–water partition coefficient (Wildman–Crippen LogP) is 2.83. The summed E-state index contributed by atoms with van der Waals surface area (Å²) in [4.78, 5) is 41.1. The zero-order valence-corrected chi connectivity index (χ0v) is 13.9. The fourth-order valence-electron chi connectivity index (χ4n) is 2.50. The maximum atomic E-state index is 12.1. The molecule has 3 rings (SSSR count). The van der Waals surface area contributed by atoms with Gasteiger partial charge in [0.05, 0.1) is 24.2 Å². The summed E-state index contributed by atoms with van der Waals surface area (Å²) in [6, 6.07) is 12.1. The number of rotatable bonds is 5. The van der Waals surface area contributed by atoms with Crippen LogP contribution in [0.2, 0.25) is 0 Å². The second kappa shape index (κ2) is 6.76. The van der Waals surface area contributed by atoms with Gasteiger partial charge in [0.25, 0.3) is 11.8 Å². The van der Waals surface area contributed by atoms with Gasteiger partial charge in [0.15, 0.2) is 0 Å². The second-order valence-corrected chi connectivity index (χ2v) is 5.78. The Hall–Kier alpha value is -3.15. The van der Waals surface area contributed by atoms with Gasteiger partial charge < -0.3 is 9.57 Å². The molecule has 2 amide bonds. The third kappa shape index (κ3) is 3.38. The zero-order valence-electron chi connectivity index (χ0n) is 13.9. The first-order valence-corrected chi connectivity index (χ1v) is 7.86. The third-order valence-electron chi connectivity index (χ3n) is 3.86. The molecule has 2 aromatic carbocycles. The molecule has 0 N–H and O–H groups in total. The molecule has 6 heteroatoms. The van der Waals surface area contributed by atoms with Gasteiger partial charge in [-0.3, -0.25) is 9.59 Å². The molecule has 0 aromatic heterocycles. The van der Waals surface area contributed by atoms with Crippen LogP contribution in [-0.2, 0) is 9.63 Å². The quantitative estimate of drug-likeness (QED) is 0.783. The molecular weight excluding hydrogens is 322 g/mol. The van der Waals surface area contributed by atoms with Crippen molar-refractivity contribution in [2.45, 2.75) is 20.3 Å².